The van der Waals surface area contributed by atoms with Gasteiger partial charge < -0.3 is 10.6 Å². The Morgan fingerprint density at radius 1 is 0.897 bits per heavy atom. The van der Waals surface area contributed by atoms with Gasteiger partial charge in [-0.15, -0.1) is 0 Å². The van der Waals surface area contributed by atoms with Crippen molar-refractivity contribution in [3.63, 3.8) is 0 Å². The molecule has 4 aromatic rings. The first-order chi connectivity index (χ1) is 14.2. The van der Waals surface area contributed by atoms with Gasteiger partial charge in [-0.3, -0.25) is 4.79 Å². The van der Waals surface area contributed by atoms with Crippen LogP contribution in [0.1, 0.15) is 0 Å². The van der Waals surface area contributed by atoms with Crippen molar-refractivity contribution in [1.82, 2.24) is 9.97 Å². The molecule has 0 bridgehead atoms. The standard InChI is InChI=1S/C22H17FN4OS/c23-15-7-6-10-17(13-15)24-20(28)14-29-22-26-19-12-5-4-11-18(19)21(27-22)25-16-8-2-1-3-9-16/h1-13H,14H2,(H,24,28)(H,25,26,27). The number of rotatable bonds is 6. The van der Waals surface area contributed by atoms with E-state index >= 15 is 0 Å². The van der Waals surface area contributed by atoms with Crippen LogP contribution in [-0.4, -0.2) is 21.6 Å². The van der Waals surface area contributed by atoms with E-state index in [9.17, 15) is 9.18 Å². The summed E-state index contributed by atoms with van der Waals surface area (Å²) in [6.07, 6.45) is 0. The molecular formula is C22H17FN4OS. The van der Waals surface area contributed by atoms with Crippen LogP contribution in [0.2, 0.25) is 0 Å². The highest BCUT2D eigenvalue weighted by atomic mass is 32.2. The SMILES string of the molecule is O=C(CSc1nc(Nc2ccccc2)c2ccccc2n1)Nc1cccc(F)c1. The van der Waals surface area contributed by atoms with Crippen molar-refractivity contribution in [3.05, 3.63) is 84.7 Å². The third-order valence-electron chi connectivity index (χ3n) is 4.06. The Bertz CT molecular complexity index is 1150. The van der Waals surface area contributed by atoms with Crippen LogP contribution in [0, 0.1) is 5.82 Å². The highest BCUT2D eigenvalue weighted by Gasteiger charge is 2.11. The maximum absolute atomic E-state index is 13.3. The van der Waals surface area contributed by atoms with Gasteiger partial charge in [0.25, 0.3) is 0 Å². The lowest BCUT2D eigenvalue weighted by Gasteiger charge is -2.11. The number of hydrogen-bond donors (Lipinski definition) is 2. The summed E-state index contributed by atoms with van der Waals surface area (Å²) in [5.41, 5.74) is 2.12. The van der Waals surface area contributed by atoms with Crippen molar-refractivity contribution >= 4 is 45.8 Å². The van der Waals surface area contributed by atoms with Gasteiger partial charge in [0.1, 0.15) is 11.6 Å². The minimum atomic E-state index is -0.398. The van der Waals surface area contributed by atoms with Gasteiger partial charge in [0.15, 0.2) is 5.16 Å². The molecule has 0 unspecified atom stereocenters. The molecular weight excluding hydrogens is 387 g/mol. The number of carbonyl (C=O) groups is 1. The van der Waals surface area contributed by atoms with Gasteiger partial charge in [-0.05, 0) is 42.5 Å². The van der Waals surface area contributed by atoms with Crippen LogP contribution in [0.5, 0.6) is 0 Å². The van der Waals surface area contributed by atoms with E-state index in [-0.39, 0.29) is 11.7 Å². The first-order valence-electron chi connectivity index (χ1n) is 8.94. The number of nitrogens with one attached hydrogen (secondary N) is 2. The van der Waals surface area contributed by atoms with E-state index in [4.69, 9.17) is 0 Å². The van der Waals surface area contributed by atoms with Crippen molar-refractivity contribution < 1.29 is 9.18 Å². The predicted molar refractivity (Wildman–Crippen MR) is 115 cm³/mol. The zero-order chi connectivity index (χ0) is 20.1. The monoisotopic (exact) mass is 404 g/mol. The Hall–Kier alpha value is -3.45. The number of hydrogen-bond acceptors (Lipinski definition) is 5. The average molecular weight is 404 g/mol. The summed E-state index contributed by atoms with van der Waals surface area (Å²) in [6.45, 7) is 0. The lowest BCUT2D eigenvalue weighted by Crippen LogP contribution is -2.14. The lowest BCUT2D eigenvalue weighted by molar-refractivity contribution is -0.113. The highest BCUT2D eigenvalue weighted by Crippen LogP contribution is 2.27. The second-order valence-corrected chi connectivity index (χ2v) is 7.15. The van der Waals surface area contributed by atoms with E-state index in [0.717, 1.165) is 16.6 Å². The van der Waals surface area contributed by atoms with Crippen molar-refractivity contribution in [2.24, 2.45) is 0 Å². The molecule has 0 aliphatic carbocycles. The number of para-hydroxylation sites is 2. The Kier molecular flexibility index (Phi) is 5.67. The highest BCUT2D eigenvalue weighted by molar-refractivity contribution is 7.99. The topological polar surface area (TPSA) is 66.9 Å². The number of thioether (sulfide) groups is 1. The zero-order valence-electron chi connectivity index (χ0n) is 15.3. The van der Waals surface area contributed by atoms with Gasteiger partial charge >= 0.3 is 0 Å². The largest absolute Gasteiger partial charge is 0.340 e. The number of benzene rings is 3. The molecule has 0 saturated carbocycles. The van der Waals surface area contributed by atoms with E-state index < -0.39 is 5.82 Å². The Morgan fingerprint density at radius 3 is 2.48 bits per heavy atom. The van der Waals surface area contributed by atoms with Gasteiger partial charge in [-0.2, -0.15) is 0 Å². The van der Waals surface area contributed by atoms with Gasteiger partial charge in [-0.25, -0.2) is 14.4 Å². The summed E-state index contributed by atoms with van der Waals surface area (Å²) in [7, 11) is 0. The second kappa shape index (κ2) is 8.70. The first-order valence-corrected chi connectivity index (χ1v) is 9.93. The fourth-order valence-corrected chi connectivity index (χ4v) is 3.42. The number of amides is 1. The van der Waals surface area contributed by atoms with Crippen molar-refractivity contribution in [3.8, 4) is 0 Å². The van der Waals surface area contributed by atoms with Crippen molar-refractivity contribution in [2.75, 3.05) is 16.4 Å². The maximum Gasteiger partial charge on any atom is 0.234 e. The summed E-state index contributed by atoms with van der Waals surface area (Å²) in [5.74, 6) is 0.134. The quantitative estimate of drug-likeness (QED) is 0.340. The molecule has 29 heavy (non-hydrogen) atoms. The molecule has 3 aromatic carbocycles. The van der Waals surface area contributed by atoms with E-state index in [1.807, 2.05) is 54.6 Å². The van der Waals surface area contributed by atoms with Crippen LogP contribution < -0.4 is 10.6 Å². The summed E-state index contributed by atoms with van der Waals surface area (Å²) in [6, 6.07) is 23.2. The van der Waals surface area contributed by atoms with Crippen LogP contribution in [0.25, 0.3) is 10.9 Å². The molecule has 0 aliphatic heterocycles. The summed E-state index contributed by atoms with van der Waals surface area (Å²) < 4.78 is 13.3. The molecule has 0 radical (unpaired) electrons. The third-order valence-corrected chi connectivity index (χ3v) is 4.91. The van der Waals surface area contributed by atoms with Crippen LogP contribution >= 0.6 is 11.8 Å². The van der Waals surface area contributed by atoms with E-state index in [2.05, 4.69) is 20.6 Å². The van der Waals surface area contributed by atoms with Gasteiger partial charge in [0, 0.05) is 16.8 Å². The van der Waals surface area contributed by atoms with Crippen molar-refractivity contribution in [1.29, 1.82) is 0 Å². The van der Waals surface area contributed by atoms with Gasteiger partial charge in [-0.1, -0.05) is 48.2 Å². The van der Waals surface area contributed by atoms with Gasteiger partial charge in [0.05, 0.1) is 11.3 Å². The molecule has 0 fully saturated rings. The molecule has 2 N–H and O–H groups in total. The summed E-state index contributed by atoms with van der Waals surface area (Å²) >= 11 is 1.22. The molecule has 1 heterocycles. The fraction of sp³-hybridized carbons (Fsp3) is 0.0455. The molecule has 0 atom stereocenters. The Balaban J connectivity index is 1.52. The third kappa shape index (κ3) is 4.89. The number of halogens is 1. The molecule has 4 rings (SSSR count). The smallest absolute Gasteiger partial charge is 0.234 e. The predicted octanol–water partition coefficient (Wildman–Crippen LogP) is 5.24. The molecule has 0 spiro atoms. The molecule has 1 aromatic heterocycles. The van der Waals surface area contributed by atoms with Crippen LogP contribution in [-0.2, 0) is 4.79 Å². The molecule has 7 heteroatoms. The van der Waals surface area contributed by atoms with E-state index in [1.165, 1.54) is 23.9 Å². The Morgan fingerprint density at radius 2 is 1.66 bits per heavy atom. The minimum absolute atomic E-state index is 0.111. The number of carbonyl (C=O) groups excluding carboxylic acids is 1. The lowest BCUT2D eigenvalue weighted by atomic mass is 10.2. The number of fused-ring (bicyclic) bond motifs is 1. The van der Waals surface area contributed by atoms with Crippen LogP contribution in [0.15, 0.2) is 84.0 Å². The Labute approximate surface area is 171 Å². The molecule has 144 valence electrons. The second-order valence-electron chi connectivity index (χ2n) is 6.21. The van der Waals surface area contributed by atoms with Crippen LogP contribution in [0.3, 0.4) is 0 Å². The number of aromatic nitrogens is 2. The summed E-state index contributed by atoms with van der Waals surface area (Å²) in [4.78, 5) is 21.3. The maximum atomic E-state index is 13.3. The van der Waals surface area contributed by atoms with Gasteiger partial charge in [0.2, 0.25) is 5.91 Å². The zero-order valence-corrected chi connectivity index (χ0v) is 16.1. The number of nitrogens with zero attached hydrogens (tertiary/aromatic N) is 2. The van der Waals surface area contributed by atoms with Crippen molar-refractivity contribution in [2.45, 2.75) is 5.16 Å². The summed E-state index contributed by atoms with van der Waals surface area (Å²) in [5, 5.41) is 7.36. The van der Waals surface area contributed by atoms with E-state index in [0.29, 0.717) is 16.7 Å². The molecule has 5 nitrogen and oxygen atoms in total. The number of anilines is 3. The fourth-order valence-electron chi connectivity index (χ4n) is 2.77. The molecule has 1 amide bonds. The van der Waals surface area contributed by atoms with Crippen LogP contribution in [0.4, 0.5) is 21.6 Å². The normalized spacial score (nSPS) is 10.7. The first kappa shape index (κ1) is 18.9. The van der Waals surface area contributed by atoms with E-state index in [1.54, 1.807) is 12.1 Å². The molecule has 0 saturated heterocycles. The average Bonchev–Trinajstić information content (AvgIpc) is 2.73. The minimum Gasteiger partial charge on any atom is -0.340 e. The molecule has 0 aliphatic rings.